The van der Waals surface area contributed by atoms with E-state index in [0.29, 0.717) is 24.2 Å². The van der Waals surface area contributed by atoms with E-state index >= 15 is 0 Å². The summed E-state index contributed by atoms with van der Waals surface area (Å²) in [6, 6.07) is 13.2. The fourth-order valence-corrected chi connectivity index (χ4v) is 5.07. The zero-order valence-electron chi connectivity index (χ0n) is 31.3. The van der Waals surface area contributed by atoms with Gasteiger partial charge < -0.3 is 30.0 Å². The normalized spacial score (nSPS) is 10.6. The summed E-state index contributed by atoms with van der Waals surface area (Å²) in [5.41, 5.74) is 2.20. The van der Waals surface area contributed by atoms with E-state index in [1.807, 2.05) is 35.0 Å². The lowest BCUT2D eigenvalue weighted by molar-refractivity contribution is 0.0940. The molecule has 2 heterocycles. The van der Waals surface area contributed by atoms with Crippen LogP contribution in [0, 0.1) is 5.82 Å². The van der Waals surface area contributed by atoms with Gasteiger partial charge in [0.15, 0.2) is 0 Å². The SMILES string of the molecule is CCCCN(CCCC)CCNC(=O)c1ccc(-n2ccnc2)cc1.CCCCN(CCCC)CCNC(=O)c1ccc(F)cc1.c1c[nH]cn1. The summed E-state index contributed by atoms with van der Waals surface area (Å²) in [7, 11) is 0. The van der Waals surface area contributed by atoms with E-state index in [9.17, 15) is 14.0 Å². The molecule has 3 N–H and O–H groups in total. The number of aromatic nitrogens is 4. The lowest BCUT2D eigenvalue weighted by Crippen LogP contribution is -2.36. The van der Waals surface area contributed by atoms with Crippen molar-refractivity contribution in [2.24, 2.45) is 0 Å². The number of hydrogen-bond acceptors (Lipinski definition) is 6. The van der Waals surface area contributed by atoms with Gasteiger partial charge in [-0.25, -0.2) is 14.4 Å². The molecule has 10 nitrogen and oxygen atoms in total. The van der Waals surface area contributed by atoms with Crippen LogP contribution in [0.15, 0.2) is 86.0 Å². The largest absolute Gasteiger partial charge is 0.351 e. The molecule has 0 spiro atoms. The molecular formula is C40H61FN8O2. The number of amides is 2. The van der Waals surface area contributed by atoms with Crippen molar-refractivity contribution < 1.29 is 14.0 Å². The number of unbranched alkanes of at least 4 members (excludes halogenated alkanes) is 4. The van der Waals surface area contributed by atoms with Gasteiger partial charge in [-0.3, -0.25) is 9.59 Å². The van der Waals surface area contributed by atoms with E-state index in [0.717, 1.165) is 45.0 Å². The second-order valence-corrected chi connectivity index (χ2v) is 12.4. The van der Waals surface area contributed by atoms with Crippen molar-refractivity contribution in [1.82, 2.24) is 40.0 Å². The monoisotopic (exact) mass is 704 g/mol. The van der Waals surface area contributed by atoms with Gasteiger partial charge in [0, 0.05) is 67.8 Å². The minimum Gasteiger partial charge on any atom is -0.351 e. The average molecular weight is 705 g/mol. The highest BCUT2D eigenvalue weighted by Crippen LogP contribution is 2.09. The Balaban J connectivity index is 0.000000314. The Hall–Kier alpha value is -4.35. The highest BCUT2D eigenvalue weighted by Gasteiger charge is 2.09. The molecule has 0 aliphatic carbocycles. The summed E-state index contributed by atoms with van der Waals surface area (Å²) in [6.45, 7) is 16.3. The van der Waals surface area contributed by atoms with E-state index in [4.69, 9.17) is 0 Å². The number of carbonyl (C=O) groups excluding carboxylic acids is 2. The van der Waals surface area contributed by atoms with Gasteiger partial charge in [-0.1, -0.05) is 53.4 Å². The van der Waals surface area contributed by atoms with Crippen LogP contribution in [-0.4, -0.2) is 93.5 Å². The third kappa shape index (κ3) is 19.0. The quantitative estimate of drug-likeness (QED) is 0.0836. The van der Waals surface area contributed by atoms with Gasteiger partial charge in [-0.2, -0.15) is 0 Å². The number of nitrogens with one attached hydrogen (secondary N) is 3. The van der Waals surface area contributed by atoms with Gasteiger partial charge in [0.2, 0.25) is 0 Å². The lowest BCUT2D eigenvalue weighted by atomic mass is 10.2. The number of aromatic amines is 1. The number of halogens is 1. The molecule has 0 radical (unpaired) electrons. The number of imidazole rings is 2. The maximum atomic E-state index is 12.8. The Morgan fingerprint density at radius 1 is 0.667 bits per heavy atom. The van der Waals surface area contributed by atoms with E-state index in [1.165, 1.54) is 75.6 Å². The summed E-state index contributed by atoms with van der Waals surface area (Å²) in [6.07, 6.45) is 20.0. The van der Waals surface area contributed by atoms with Gasteiger partial charge in [0.25, 0.3) is 11.8 Å². The zero-order valence-corrected chi connectivity index (χ0v) is 31.3. The van der Waals surface area contributed by atoms with Gasteiger partial charge in [0.05, 0.1) is 12.7 Å². The van der Waals surface area contributed by atoms with Crippen molar-refractivity contribution in [1.29, 1.82) is 0 Å². The molecule has 0 saturated heterocycles. The molecule has 51 heavy (non-hydrogen) atoms. The first kappa shape index (κ1) is 42.8. The van der Waals surface area contributed by atoms with E-state index in [2.05, 4.69) is 63.1 Å². The second kappa shape index (κ2) is 27.4. The van der Waals surface area contributed by atoms with Crippen molar-refractivity contribution in [3.63, 3.8) is 0 Å². The van der Waals surface area contributed by atoms with Gasteiger partial charge in [-0.05, 0) is 100 Å². The van der Waals surface area contributed by atoms with Crippen LogP contribution < -0.4 is 10.6 Å². The van der Waals surface area contributed by atoms with Gasteiger partial charge in [-0.15, -0.1) is 0 Å². The fraction of sp³-hybridized carbons (Fsp3) is 0.500. The standard InChI is InChI=1S/C20H30N4O.C17H27FN2O.C3H4N2/c1-3-5-13-23(14-6-4-2)15-12-22-20(25)18-7-9-19(10-8-18)24-16-11-21-17-24;1-3-5-12-20(13-6-4-2)14-11-19-17(21)15-7-9-16(18)10-8-15;1-2-5-3-4-1/h7-11,16-17H,3-6,12-15H2,1-2H3,(H,22,25);7-10H,3-6,11-14H2,1-2H3,(H,19,21);1-3H,(H,4,5). The van der Waals surface area contributed by atoms with Crippen LogP contribution in [0.4, 0.5) is 4.39 Å². The molecule has 0 fully saturated rings. The summed E-state index contributed by atoms with van der Waals surface area (Å²) >= 11 is 0. The third-order valence-corrected chi connectivity index (χ3v) is 8.18. The Morgan fingerprint density at radius 2 is 1.14 bits per heavy atom. The van der Waals surface area contributed by atoms with Crippen LogP contribution in [0.5, 0.6) is 0 Å². The van der Waals surface area contributed by atoms with Crippen LogP contribution in [0.2, 0.25) is 0 Å². The number of H-pyrrole nitrogens is 1. The first-order chi connectivity index (χ1) is 24.9. The van der Waals surface area contributed by atoms with Crippen molar-refractivity contribution in [2.45, 2.75) is 79.1 Å². The van der Waals surface area contributed by atoms with E-state index in [1.54, 1.807) is 31.2 Å². The first-order valence-electron chi connectivity index (χ1n) is 18.7. The molecule has 0 atom stereocenters. The molecular weight excluding hydrogens is 643 g/mol. The Labute approximate surface area is 305 Å². The minimum atomic E-state index is -0.322. The van der Waals surface area contributed by atoms with Crippen LogP contribution in [0.25, 0.3) is 5.69 Å². The molecule has 280 valence electrons. The predicted octanol–water partition coefficient (Wildman–Crippen LogP) is 7.37. The summed E-state index contributed by atoms with van der Waals surface area (Å²) in [4.78, 5) is 39.5. The fourth-order valence-electron chi connectivity index (χ4n) is 5.07. The molecule has 4 rings (SSSR count). The minimum absolute atomic E-state index is 0.0110. The Bertz CT molecular complexity index is 1360. The molecule has 11 heteroatoms. The maximum Gasteiger partial charge on any atom is 0.251 e. The van der Waals surface area contributed by atoms with Crippen molar-refractivity contribution >= 4 is 11.8 Å². The van der Waals surface area contributed by atoms with Crippen molar-refractivity contribution in [2.75, 3.05) is 52.4 Å². The number of nitrogens with zero attached hydrogens (tertiary/aromatic N) is 5. The third-order valence-electron chi connectivity index (χ3n) is 8.18. The highest BCUT2D eigenvalue weighted by atomic mass is 19.1. The summed E-state index contributed by atoms with van der Waals surface area (Å²) in [5.74, 6) is -0.471. The molecule has 0 bridgehead atoms. The highest BCUT2D eigenvalue weighted by molar-refractivity contribution is 5.94. The second-order valence-electron chi connectivity index (χ2n) is 12.4. The summed E-state index contributed by atoms with van der Waals surface area (Å²) in [5, 5.41) is 5.94. The maximum absolute atomic E-state index is 12.8. The van der Waals surface area contributed by atoms with Crippen LogP contribution in [0.1, 0.15) is 99.8 Å². The molecule has 2 aromatic heterocycles. The van der Waals surface area contributed by atoms with Crippen LogP contribution >= 0.6 is 0 Å². The van der Waals surface area contributed by atoms with E-state index < -0.39 is 0 Å². The molecule has 0 aliphatic rings. The van der Waals surface area contributed by atoms with Crippen LogP contribution in [0.3, 0.4) is 0 Å². The Morgan fingerprint density at radius 3 is 1.49 bits per heavy atom. The number of rotatable bonds is 21. The molecule has 0 saturated carbocycles. The molecule has 0 aliphatic heterocycles. The molecule has 0 unspecified atom stereocenters. The van der Waals surface area contributed by atoms with Gasteiger partial charge >= 0.3 is 0 Å². The first-order valence-corrected chi connectivity index (χ1v) is 18.7. The molecule has 2 amide bonds. The smallest absolute Gasteiger partial charge is 0.251 e. The molecule has 4 aromatic rings. The number of carbonyl (C=O) groups is 2. The molecule has 2 aromatic carbocycles. The number of hydrogen-bond donors (Lipinski definition) is 3. The van der Waals surface area contributed by atoms with Crippen molar-refractivity contribution in [3.8, 4) is 5.69 Å². The number of benzene rings is 2. The summed E-state index contributed by atoms with van der Waals surface area (Å²) < 4.78 is 14.7. The average Bonchev–Trinajstić information content (AvgIpc) is 3.93. The van der Waals surface area contributed by atoms with E-state index in [-0.39, 0.29) is 17.6 Å². The van der Waals surface area contributed by atoms with Crippen LogP contribution in [-0.2, 0) is 0 Å². The Kier molecular flexibility index (Phi) is 23.0. The predicted molar refractivity (Wildman–Crippen MR) is 206 cm³/mol. The van der Waals surface area contributed by atoms with Gasteiger partial charge in [0.1, 0.15) is 5.82 Å². The topological polar surface area (TPSA) is 111 Å². The van der Waals surface area contributed by atoms with Crippen molar-refractivity contribution in [3.05, 3.63) is 103 Å². The lowest BCUT2D eigenvalue weighted by Gasteiger charge is -2.22. The zero-order chi connectivity index (χ0) is 36.9.